The maximum Gasteiger partial charge on any atom is 0.490 e. The Bertz CT molecular complexity index is 1780. The van der Waals surface area contributed by atoms with Gasteiger partial charge in [-0.2, -0.15) is 26.3 Å². The fourth-order valence-electron chi connectivity index (χ4n) is 7.23. The van der Waals surface area contributed by atoms with Crippen molar-refractivity contribution in [2.75, 3.05) is 58.9 Å². The summed E-state index contributed by atoms with van der Waals surface area (Å²) in [6.07, 6.45) is -6.13. The summed E-state index contributed by atoms with van der Waals surface area (Å²) in [6.45, 7) is 14.8. The van der Waals surface area contributed by atoms with Gasteiger partial charge in [0.05, 0.1) is 26.2 Å². The number of carbonyl (C=O) groups is 3. The molecule has 0 radical (unpaired) electrons. The Hall–Kier alpha value is -4.58. The van der Waals surface area contributed by atoms with Gasteiger partial charge in [-0.1, -0.05) is 36.4 Å². The lowest BCUT2D eigenvalue weighted by molar-refractivity contribution is -0.936. The van der Waals surface area contributed by atoms with Crippen LogP contribution in [0.1, 0.15) is 53.2 Å². The first-order chi connectivity index (χ1) is 26.8. The minimum Gasteiger partial charge on any atom is -0.542 e. The minimum atomic E-state index is -5.19. The normalized spacial score (nSPS) is 18.7. The van der Waals surface area contributed by atoms with Crippen LogP contribution in [0.5, 0.6) is 0 Å². The molecule has 0 aromatic heterocycles. The smallest absolute Gasteiger partial charge is 0.490 e. The van der Waals surface area contributed by atoms with Gasteiger partial charge in [0, 0.05) is 69.5 Å². The summed E-state index contributed by atoms with van der Waals surface area (Å²) < 4.78 is 79.6. The topological polar surface area (TPSA) is 125 Å². The Labute approximate surface area is 326 Å². The van der Waals surface area contributed by atoms with E-state index in [1.165, 1.54) is 67.1 Å². The Morgan fingerprint density at radius 2 is 1.40 bits per heavy atom. The van der Waals surface area contributed by atoms with Crippen molar-refractivity contribution >= 4 is 17.8 Å². The van der Waals surface area contributed by atoms with Crippen molar-refractivity contribution in [3.8, 4) is 11.1 Å². The summed E-state index contributed by atoms with van der Waals surface area (Å²) in [6, 6.07) is 21.8. The SMILES string of the molecule is C[C@H]1CN(Cc2cccc(-c3cc(CNC(=O)c4cccc(CN5CC[N+]6(CCCCC6)CC5)c4)ccc3F)c2)CCN1.O=C(O)C(F)(F)F.O=C([O-])C(F)(F)F. The number of piperidine rings is 1. The Morgan fingerprint density at radius 3 is 2.00 bits per heavy atom. The second-order valence-electron chi connectivity index (χ2n) is 14.6. The van der Waals surface area contributed by atoms with Gasteiger partial charge in [-0.15, -0.1) is 0 Å². The van der Waals surface area contributed by atoms with Crippen molar-refractivity contribution in [2.24, 2.45) is 0 Å². The van der Waals surface area contributed by atoms with Crippen LogP contribution in [0.15, 0.2) is 66.7 Å². The predicted octanol–water partition coefficient (Wildman–Crippen LogP) is 4.96. The van der Waals surface area contributed by atoms with Crippen LogP contribution in [0.3, 0.4) is 0 Å². The number of hydrogen-bond donors (Lipinski definition) is 3. The molecule has 0 bridgehead atoms. The average Bonchev–Trinajstić information content (AvgIpc) is 3.16. The van der Waals surface area contributed by atoms with Crippen LogP contribution in [0.4, 0.5) is 30.7 Å². The highest BCUT2D eigenvalue weighted by atomic mass is 19.4. The molecule has 1 atom stereocenters. The molecule has 10 nitrogen and oxygen atoms in total. The molecule has 0 saturated carbocycles. The maximum absolute atomic E-state index is 15.0. The van der Waals surface area contributed by atoms with Crippen LogP contribution in [-0.4, -0.2) is 115 Å². The molecule has 1 spiro atoms. The molecule has 3 aliphatic heterocycles. The zero-order chi connectivity index (χ0) is 41.8. The Balaban J connectivity index is 0.000000440. The van der Waals surface area contributed by atoms with Crippen molar-refractivity contribution in [2.45, 2.75) is 64.2 Å². The molecule has 3 aromatic rings. The predicted molar refractivity (Wildman–Crippen MR) is 196 cm³/mol. The number of halogens is 7. The third kappa shape index (κ3) is 14.4. The number of benzene rings is 3. The molecular weight excluding hydrogens is 763 g/mol. The largest absolute Gasteiger partial charge is 0.542 e. The molecule has 3 aromatic carbocycles. The highest BCUT2D eigenvalue weighted by Gasteiger charge is 2.38. The molecule has 0 unspecified atom stereocenters. The summed E-state index contributed by atoms with van der Waals surface area (Å²) in [5.41, 5.74) is 5.35. The number of aliphatic carboxylic acids is 2. The molecule has 3 saturated heterocycles. The van der Waals surface area contributed by atoms with Gasteiger partial charge in [-0.25, -0.2) is 9.18 Å². The second kappa shape index (κ2) is 20.2. The molecule has 3 aliphatic rings. The molecule has 3 heterocycles. The summed E-state index contributed by atoms with van der Waals surface area (Å²) >= 11 is 0. The van der Waals surface area contributed by atoms with Gasteiger partial charge in [-0.05, 0) is 78.8 Å². The molecule has 17 heteroatoms. The standard InChI is InChI=1S/C36H46FN5O.2C2HF3O2/c1-28-25-41(14-13-38-28)27-30-7-5-9-32(21-30)34-23-29(11-12-35(34)37)24-39-36(43)33-10-6-8-31(22-33)26-40-15-19-42(20-16-40)17-3-2-4-18-42;2*3-2(4,5)1(6)7/h5-12,21-23,28,38H,2-4,13-20,24-27H2,1H3;2*(H,6,7)/t28-;;/m0../s1. The van der Waals surface area contributed by atoms with Gasteiger partial charge in [0.15, 0.2) is 0 Å². The number of carboxylic acid groups (broad SMARTS) is 2. The quantitative estimate of drug-likeness (QED) is 0.216. The summed E-state index contributed by atoms with van der Waals surface area (Å²) in [4.78, 5) is 35.8. The fraction of sp³-hybridized carbons (Fsp3) is 0.475. The Kier molecular flexibility index (Phi) is 16.0. The van der Waals surface area contributed by atoms with Crippen LogP contribution in [-0.2, 0) is 29.2 Å². The maximum atomic E-state index is 15.0. The first kappa shape index (κ1) is 45.1. The number of amides is 1. The van der Waals surface area contributed by atoms with E-state index in [9.17, 15) is 35.5 Å². The van der Waals surface area contributed by atoms with Gasteiger partial charge < -0.3 is 30.1 Å². The molecule has 3 fully saturated rings. The van der Waals surface area contributed by atoms with E-state index in [0.29, 0.717) is 23.7 Å². The van der Waals surface area contributed by atoms with Crippen LogP contribution >= 0.6 is 0 Å². The number of rotatable bonds is 8. The summed E-state index contributed by atoms with van der Waals surface area (Å²) in [7, 11) is 0. The number of carbonyl (C=O) groups excluding carboxylic acids is 2. The van der Waals surface area contributed by atoms with Crippen LogP contribution in [0.25, 0.3) is 11.1 Å². The van der Waals surface area contributed by atoms with Crippen molar-refractivity contribution in [3.05, 3.63) is 94.8 Å². The van der Waals surface area contributed by atoms with E-state index in [-0.39, 0.29) is 11.7 Å². The van der Waals surface area contributed by atoms with E-state index in [1.807, 2.05) is 36.4 Å². The highest BCUT2D eigenvalue weighted by molar-refractivity contribution is 5.94. The number of nitrogens with one attached hydrogen (secondary N) is 2. The number of carboxylic acids is 2. The van der Waals surface area contributed by atoms with Crippen LogP contribution in [0.2, 0.25) is 0 Å². The number of hydrogen-bond acceptors (Lipinski definition) is 7. The number of piperazine rings is 2. The summed E-state index contributed by atoms with van der Waals surface area (Å²) in [5, 5.41) is 22.5. The van der Waals surface area contributed by atoms with E-state index >= 15 is 0 Å². The van der Waals surface area contributed by atoms with Gasteiger partial charge >= 0.3 is 18.3 Å². The zero-order valence-electron chi connectivity index (χ0n) is 31.6. The fourth-order valence-corrected chi connectivity index (χ4v) is 7.23. The van der Waals surface area contributed by atoms with Gasteiger partial charge in [0.25, 0.3) is 5.91 Å². The van der Waals surface area contributed by atoms with Crippen LogP contribution < -0.4 is 15.7 Å². The third-order valence-electron chi connectivity index (χ3n) is 10.2. The molecule has 6 rings (SSSR count). The van der Waals surface area contributed by atoms with Gasteiger partial charge in [-0.3, -0.25) is 14.6 Å². The van der Waals surface area contributed by atoms with Crippen molar-refractivity contribution in [3.63, 3.8) is 0 Å². The average molecular weight is 812 g/mol. The first-order valence-electron chi connectivity index (χ1n) is 18.7. The lowest BCUT2D eigenvalue weighted by Crippen LogP contribution is -2.61. The molecule has 1 amide bonds. The van der Waals surface area contributed by atoms with E-state index in [2.05, 4.69) is 45.6 Å². The monoisotopic (exact) mass is 811 g/mol. The van der Waals surface area contributed by atoms with E-state index < -0.39 is 24.3 Å². The molecule has 312 valence electrons. The van der Waals surface area contributed by atoms with Gasteiger partial charge in [0.1, 0.15) is 11.8 Å². The minimum absolute atomic E-state index is 0.101. The van der Waals surface area contributed by atoms with Crippen molar-refractivity contribution < 1.29 is 59.8 Å². The Morgan fingerprint density at radius 1 is 0.807 bits per heavy atom. The van der Waals surface area contributed by atoms with Crippen molar-refractivity contribution in [1.29, 1.82) is 0 Å². The molecule has 57 heavy (non-hydrogen) atoms. The second-order valence-corrected chi connectivity index (χ2v) is 14.6. The number of quaternary nitrogens is 1. The first-order valence-corrected chi connectivity index (χ1v) is 18.7. The molecular formula is C40H48F7N5O5. The van der Waals surface area contributed by atoms with Gasteiger partial charge in [0.2, 0.25) is 0 Å². The van der Waals surface area contributed by atoms with E-state index in [1.54, 1.807) is 6.07 Å². The van der Waals surface area contributed by atoms with E-state index in [4.69, 9.17) is 19.8 Å². The lowest BCUT2D eigenvalue weighted by atomic mass is 10.00. The highest BCUT2D eigenvalue weighted by Crippen LogP contribution is 2.26. The van der Waals surface area contributed by atoms with Crippen molar-refractivity contribution in [1.82, 2.24) is 20.4 Å². The molecule has 3 N–H and O–H groups in total. The zero-order valence-corrected chi connectivity index (χ0v) is 31.6. The summed E-state index contributed by atoms with van der Waals surface area (Å²) in [5.74, 6) is -6.11. The van der Waals surface area contributed by atoms with Crippen LogP contribution in [0, 0.1) is 5.82 Å². The molecule has 0 aliphatic carbocycles. The number of nitrogens with zero attached hydrogens (tertiary/aromatic N) is 3. The third-order valence-corrected chi connectivity index (χ3v) is 10.2. The van der Waals surface area contributed by atoms with E-state index in [0.717, 1.165) is 56.9 Å². The number of alkyl halides is 6. The lowest BCUT2D eigenvalue weighted by Gasteiger charge is -2.47.